The Labute approximate surface area is 112 Å². The van der Waals surface area contributed by atoms with Gasteiger partial charge < -0.3 is 10.6 Å². The fourth-order valence-electron chi connectivity index (χ4n) is 2.07. The van der Waals surface area contributed by atoms with E-state index < -0.39 is 9.84 Å². The summed E-state index contributed by atoms with van der Waals surface area (Å²) in [5.74, 6) is 0.126. The van der Waals surface area contributed by atoms with Crippen molar-refractivity contribution in [3.05, 3.63) is 24.0 Å². The van der Waals surface area contributed by atoms with Crippen LogP contribution in [0.1, 0.15) is 16.9 Å². The first-order valence-corrected chi connectivity index (χ1v) is 7.95. The normalized spacial score (nSPS) is 21.0. The fraction of sp³-hybridized carbons (Fsp3) is 0.500. The number of nitrogens with one attached hydrogen (secondary N) is 2. The SMILES string of the molecule is CNc1ccnc(C(=O)NCC2CCS(=O)(=O)C2)c1. The smallest absolute Gasteiger partial charge is 0.269 e. The van der Waals surface area contributed by atoms with Crippen molar-refractivity contribution in [2.45, 2.75) is 6.42 Å². The molecule has 1 atom stereocenters. The standard InChI is InChI=1S/C12H17N3O3S/c1-13-10-2-4-14-11(6-10)12(16)15-7-9-3-5-19(17,18)8-9/h2,4,6,9H,3,5,7-8H2,1H3,(H,13,14)(H,15,16). The predicted molar refractivity (Wildman–Crippen MR) is 72.9 cm³/mol. The third-order valence-electron chi connectivity index (χ3n) is 3.16. The van der Waals surface area contributed by atoms with E-state index in [1.54, 1.807) is 25.4 Å². The summed E-state index contributed by atoms with van der Waals surface area (Å²) in [5, 5.41) is 5.67. The van der Waals surface area contributed by atoms with Gasteiger partial charge in [0.05, 0.1) is 11.5 Å². The molecule has 1 saturated heterocycles. The van der Waals surface area contributed by atoms with Gasteiger partial charge in [-0.2, -0.15) is 0 Å². The number of aromatic nitrogens is 1. The zero-order valence-electron chi connectivity index (χ0n) is 10.7. The molecule has 1 aromatic rings. The molecule has 0 aliphatic carbocycles. The first-order chi connectivity index (χ1) is 9.00. The van der Waals surface area contributed by atoms with Gasteiger partial charge in [-0.05, 0) is 24.5 Å². The van der Waals surface area contributed by atoms with Crippen LogP contribution in [-0.4, -0.2) is 44.4 Å². The minimum absolute atomic E-state index is 0.0152. The van der Waals surface area contributed by atoms with Crippen molar-refractivity contribution in [1.82, 2.24) is 10.3 Å². The van der Waals surface area contributed by atoms with Crippen molar-refractivity contribution in [3.63, 3.8) is 0 Å². The van der Waals surface area contributed by atoms with Crippen LogP contribution in [0.3, 0.4) is 0 Å². The lowest BCUT2D eigenvalue weighted by atomic mass is 10.1. The number of hydrogen-bond acceptors (Lipinski definition) is 5. The Balaban J connectivity index is 1.91. The molecule has 1 unspecified atom stereocenters. The van der Waals surface area contributed by atoms with Crippen LogP contribution in [0.15, 0.2) is 18.3 Å². The summed E-state index contributed by atoms with van der Waals surface area (Å²) >= 11 is 0. The number of hydrogen-bond donors (Lipinski definition) is 2. The first-order valence-electron chi connectivity index (χ1n) is 6.12. The van der Waals surface area contributed by atoms with Crippen LogP contribution >= 0.6 is 0 Å². The van der Waals surface area contributed by atoms with E-state index in [0.717, 1.165) is 5.69 Å². The number of amides is 1. The van der Waals surface area contributed by atoms with Crippen molar-refractivity contribution < 1.29 is 13.2 Å². The number of sulfone groups is 1. The van der Waals surface area contributed by atoms with E-state index in [2.05, 4.69) is 15.6 Å². The molecule has 0 radical (unpaired) electrons. The molecule has 1 fully saturated rings. The Morgan fingerprint density at radius 1 is 1.53 bits per heavy atom. The summed E-state index contributed by atoms with van der Waals surface area (Å²) in [7, 11) is -1.13. The number of carbonyl (C=O) groups excluding carboxylic acids is 1. The molecule has 2 N–H and O–H groups in total. The Morgan fingerprint density at radius 3 is 2.95 bits per heavy atom. The largest absolute Gasteiger partial charge is 0.388 e. The lowest BCUT2D eigenvalue weighted by Crippen LogP contribution is -2.30. The predicted octanol–water partition coefficient (Wildman–Crippen LogP) is 0.288. The second-order valence-electron chi connectivity index (χ2n) is 4.66. The van der Waals surface area contributed by atoms with E-state index >= 15 is 0 Å². The van der Waals surface area contributed by atoms with Gasteiger partial charge in [0.1, 0.15) is 5.69 Å². The Hall–Kier alpha value is -1.63. The van der Waals surface area contributed by atoms with Gasteiger partial charge in [0.25, 0.3) is 5.91 Å². The Morgan fingerprint density at radius 2 is 2.32 bits per heavy atom. The molecule has 1 aliphatic rings. The summed E-state index contributed by atoms with van der Waals surface area (Å²) in [6.07, 6.45) is 2.17. The average Bonchev–Trinajstić information content (AvgIpc) is 2.75. The number of pyridine rings is 1. The molecule has 1 amide bonds. The van der Waals surface area contributed by atoms with Crippen molar-refractivity contribution in [3.8, 4) is 0 Å². The molecule has 7 heteroatoms. The van der Waals surface area contributed by atoms with Crippen LogP contribution in [0.5, 0.6) is 0 Å². The molecule has 1 aromatic heterocycles. The molecule has 19 heavy (non-hydrogen) atoms. The summed E-state index contributed by atoms with van der Waals surface area (Å²) in [6.45, 7) is 0.378. The molecule has 0 spiro atoms. The van der Waals surface area contributed by atoms with Gasteiger partial charge >= 0.3 is 0 Å². The van der Waals surface area contributed by atoms with E-state index in [0.29, 0.717) is 18.7 Å². The summed E-state index contributed by atoms with van der Waals surface area (Å²) in [5.41, 5.74) is 1.14. The van der Waals surface area contributed by atoms with Gasteiger partial charge in [-0.25, -0.2) is 8.42 Å². The van der Waals surface area contributed by atoms with Gasteiger partial charge in [0.15, 0.2) is 9.84 Å². The van der Waals surface area contributed by atoms with Crippen molar-refractivity contribution in [2.24, 2.45) is 5.92 Å². The van der Waals surface area contributed by atoms with Crippen molar-refractivity contribution in [1.29, 1.82) is 0 Å². The third kappa shape index (κ3) is 3.66. The van der Waals surface area contributed by atoms with E-state index in [1.807, 2.05) is 0 Å². The third-order valence-corrected chi connectivity index (χ3v) is 5.00. The van der Waals surface area contributed by atoms with E-state index in [-0.39, 0.29) is 23.3 Å². The molecule has 2 rings (SSSR count). The Bertz CT molecular complexity index is 571. The van der Waals surface area contributed by atoms with Gasteiger partial charge in [-0.15, -0.1) is 0 Å². The number of anilines is 1. The van der Waals surface area contributed by atoms with Gasteiger partial charge in [-0.1, -0.05) is 0 Å². The van der Waals surface area contributed by atoms with Crippen LogP contribution in [0.25, 0.3) is 0 Å². The van der Waals surface area contributed by atoms with Crippen molar-refractivity contribution >= 4 is 21.4 Å². The highest BCUT2D eigenvalue weighted by Gasteiger charge is 2.28. The van der Waals surface area contributed by atoms with Crippen molar-refractivity contribution in [2.75, 3.05) is 30.4 Å². The van der Waals surface area contributed by atoms with Gasteiger partial charge in [-0.3, -0.25) is 9.78 Å². The molecular formula is C12H17N3O3S. The summed E-state index contributed by atoms with van der Waals surface area (Å²) in [6, 6.07) is 3.42. The molecule has 0 bridgehead atoms. The summed E-state index contributed by atoms with van der Waals surface area (Å²) < 4.78 is 22.6. The van der Waals surface area contributed by atoms with E-state index in [9.17, 15) is 13.2 Å². The number of rotatable bonds is 4. The lowest BCUT2D eigenvalue weighted by molar-refractivity contribution is 0.0943. The lowest BCUT2D eigenvalue weighted by Gasteiger charge is -2.09. The zero-order chi connectivity index (χ0) is 13.9. The highest BCUT2D eigenvalue weighted by molar-refractivity contribution is 7.91. The van der Waals surface area contributed by atoms with Crippen LogP contribution in [-0.2, 0) is 9.84 Å². The highest BCUT2D eigenvalue weighted by Crippen LogP contribution is 2.17. The molecule has 0 saturated carbocycles. The average molecular weight is 283 g/mol. The molecule has 1 aliphatic heterocycles. The molecule has 2 heterocycles. The molecule has 0 aromatic carbocycles. The molecule has 6 nitrogen and oxygen atoms in total. The number of nitrogens with zero attached hydrogens (tertiary/aromatic N) is 1. The van der Waals surface area contributed by atoms with Gasteiger partial charge in [0.2, 0.25) is 0 Å². The first kappa shape index (κ1) is 13.8. The highest BCUT2D eigenvalue weighted by atomic mass is 32.2. The number of carbonyl (C=O) groups is 1. The van der Waals surface area contributed by atoms with E-state index in [4.69, 9.17) is 0 Å². The van der Waals surface area contributed by atoms with Crippen LogP contribution in [0.2, 0.25) is 0 Å². The van der Waals surface area contributed by atoms with E-state index in [1.165, 1.54) is 0 Å². The van der Waals surface area contributed by atoms with Crippen LogP contribution < -0.4 is 10.6 Å². The maximum atomic E-state index is 11.9. The maximum Gasteiger partial charge on any atom is 0.269 e. The molecule has 104 valence electrons. The Kier molecular flexibility index (Phi) is 4.04. The zero-order valence-corrected chi connectivity index (χ0v) is 11.5. The minimum Gasteiger partial charge on any atom is -0.388 e. The fourth-order valence-corrected chi connectivity index (χ4v) is 3.93. The quantitative estimate of drug-likeness (QED) is 0.829. The maximum absolute atomic E-state index is 11.9. The molecular weight excluding hydrogens is 266 g/mol. The second-order valence-corrected chi connectivity index (χ2v) is 6.89. The second kappa shape index (κ2) is 5.56. The minimum atomic E-state index is -2.90. The monoisotopic (exact) mass is 283 g/mol. The van der Waals surface area contributed by atoms with Crippen LogP contribution in [0, 0.1) is 5.92 Å². The van der Waals surface area contributed by atoms with Crippen LogP contribution in [0.4, 0.5) is 5.69 Å². The topological polar surface area (TPSA) is 88.2 Å². The summed E-state index contributed by atoms with van der Waals surface area (Å²) in [4.78, 5) is 15.9. The van der Waals surface area contributed by atoms with Gasteiger partial charge in [0, 0.05) is 25.5 Å².